The molecule has 2 heterocycles. The van der Waals surface area contributed by atoms with Crippen LogP contribution in [0.3, 0.4) is 0 Å². The molecule has 2 nitrogen and oxygen atoms in total. The third-order valence-corrected chi connectivity index (χ3v) is 3.79. The van der Waals surface area contributed by atoms with Crippen molar-refractivity contribution >= 4 is 11.3 Å². The molecule has 1 aromatic heterocycles. The maximum atomic E-state index is 5.99. The highest BCUT2D eigenvalue weighted by Gasteiger charge is 2.22. The van der Waals surface area contributed by atoms with Crippen molar-refractivity contribution < 1.29 is 4.74 Å². The molecule has 16 heavy (non-hydrogen) atoms. The molecule has 3 rings (SSSR count). The van der Waals surface area contributed by atoms with E-state index in [1.165, 1.54) is 10.4 Å². The second kappa shape index (κ2) is 4.28. The summed E-state index contributed by atoms with van der Waals surface area (Å²) < 4.78 is 5.99. The van der Waals surface area contributed by atoms with Crippen LogP contribution in [0.1, 0.15) is 16.5 Å². The highest BCUT2D eigenvalue weighted by atomic mass is 32.1. The third-order valence-electron chi connectivity index (χ3n) is 2.74. The van der Waals surface area contributed by atoms with Crippen LogP contribution in [0.5, 0.6) is 5.75 Å². The monoisotopic (exact) mass is 231 g/mol. The van der Waals surface area contributed by atoms with E-state index >= 15 is 0 Å². The molecule has 1 aliphatic heterocycles. The first kappa shape index (κ1) is 9.87. The Hall–Kier alpha value is -1.32. The highest BCUT2D eigenvalue weighted by molar-refractivity contribution is 7.10. The van der Waals surface area contributed by atoms with Gasteiger partial charge in [-0.15, -0.1) is 11.3 Å². The predicted octanol–water partition coefficient (Wildman–Crippen LogP) is 2.97. The lowest BCUT2D eigenvalue weighted by atomic mass is 10.1. The zero-order valence-corrected chi connectivity index (χ0v) is 9.67. The van der Waals surface area contributed by atoms with Gasteiger partial charge in [-0.2, -0.15) is 0 Å². The van der Waals surface area contributed by atoms with Gasteiger partial charge in [0, 0.05) is 13.1 Å². The lowest BCUT2D eigenvalue weighted by Gasteiger charge is -2.24. The SMILES string of the molecule is c1ccc(OC2CNCc3ccsc32)cc1. The molecule has 1 atom stereocenters. The summed E-state index contributed by atoms with van der Waals surface area (Å²) in [5.74, 6) is 0.940. The van der Waals surface area contributed by atoms with Crippen molar-refractivity contribution in [1.29, 1.82) is 0 Å². The van der Waals surface area contributed by atoms with Gasteiger partial charge in [0.2, 0.25) is 0 Å². The summed E-state index contributed by atoms with van der Waals surface area (Å²) in [6, 6.07) is 12.2. The Kier molecular flexibility index (Phi) is 2.64. The third kappa shape index (κ3) is 1.84. The molecule has 0 aliphatic carbocycles. The average molecular weight is 231 g/mol. The van der Waals surface area contributed by atoms with Gasteiger partial charge in [-0.05, 0) is 29.1 Å². The molecule has 0 bridgehead atoms. The average Bonchev–Trinajstić information content (AvgIpc) is 2.80. The fourth-order valence-corrected chi connectivity index (χ4v) is 2.92. The topological polar surface area (TPSA) is 21.3 Å². The summed E-state index contributed by atoms with van der Waals surface area (Å²) in [6.45, 7) is 1.86. The van der Waals surface area contributed by atoms with Crippen LogP contribution in [0, 0.1) is 0 Å². The van der Waals surface area contributed by atoms with Gasteiger partial charge in [-0.25, -0.2) is 0 Å². The number of benzene rings is 1. The number of nitrogens with one attached hydrogen (secondary N) is 1. The van der Waals surface area contributed by atoms with Gasteiger partial charge in [0.1, 0.15) is 11.9 Å². The second-order valence-electron chi connectivity index (χ2n) is 3.86. The van der Waals surface area contributed by atoms with Crippen LogP contribution in [0.4, 0.5) is 0 Å². The normalized spacial score (nSPS) is 19.1. The zero-order chi connectivity index (χ0) is 10.8. The number of thiophene rings is 1. The molecule has 0 amide bonds. The van der Waals surface area contributed by atoms with Crippen molar-refractivity contribution in [2.24, 2.45) is 0 Å². The number of fused-ring (bicyclic) bond motifs is 1. The lowest BCUT2D eigenvalue weighted by Crippen LogP contribution is -2.29. The smallest absolute Gasteiger partial charge is 0.145 e. The number of hydrogen-bond donors (Lipinski definition) is 1. The quantitative estimate of drug-likeness (QED) is 0.858. The minimum absolute atomic E-state index is 0.158. The van der Waals surface area contributed by atoms with Crippen LogP contribution in [0.15, 0.2) is 41.8 Å². The Labute approximate surface area is 98.9 Å². The van der Waals surface area contributed by atoms with Crippen LogP contribution in [0.25, 0.3) is 0 Å². The summed E-state index contributed by atoms with van der Waals surface area (Å²) in [5, 5.41) is 5.52. The van der Waals surface area contributed by atoms with Crippen LogP contribution < -0.4 is 10.1 Å². The first-order valence-electron chi connectivity index (χ1n) is 5.42. The minimum Gasteiger partial charge on any atom is -0.484 e. The molecular formula is C13H13NOS. The predicted molar refractivity (Wildman–Crippen MR) is 65.8 cm³/mol. The summed E-state index contributed by atoms with van der Waals surface area (Å²) in [4.78, 5) is 1.36. The molecule has 0 saturated heterocycles. The highest BCUT2D eigenvalue weighted by Crippen LogP contribution is 2.31. The van der Waals surface area contributed by atoms with Gasteiger partial charge in [-0.3, -0.25) is 0 Å². The first-order chi connectivity index (χ1) is 7.93. The van der Waals surface area contributed by atoms with Gasteiger partial charge in [-0.1, -0.05) is 18.2 Å². The Morgan fingerprint density at radius 3 is 2.94 bits per heavy atom. The minimum atomic E-state index is 0.158. The number of hydrogen-bond acceptors (Lipinski definition) is 3. The maximum Gasteiger partial charge on any atom is 0.145 e. The van der Waals surface area contributed by atoms with Crippen LogP contribution in [-0.4, -0.2) is 6.54 Å². The summed E-state index contributed by atoms with van der Waals surface area (Å²) in [5.41, 5.74) is 1.37. The van der Waals surface area contributed by atoms with E-state index in [9.17, 15) is 0 Å². The molecule has 0 saturated carbocycles. The molecule has 1 aromatic carbocycles. The van der Waals surface area contributed by atoms with Crippen molar-refractivity contribution in [2.75, 3.05) is 6.54 Å². The maximum absolute atomic E-state index is 5.99. The van der Waals surface area contributed by atoms with E-state index in [2.05, 4.69) is 16.8 Å². The molecule has 82 valence electrons. The standard InChI is InChI=1S/C13H13NOS/c1-2-4-11(5-3-1)15-12-9-14-8-10-6-7-16-13(10)12/h1-7,12,14H,8-9H2. The van der Waals surface area contributed by atoms with Gasteiger partial charge in [0.05, 0.1) is 4.88 Å². The van der Waals surface area contributed by atoms with Crippen LogP contribution in [-0.2, 0) is 6.54 Å². The molecular weight excluding hydrogens is 218 g/mol. The van der Waals surface area contributed by atoms with Crippen molar-refractivity contribution in [1.82, 2.24) is 5.32 Å². The fourth-order valence-electron chi connectivity index (χ4n) is 1.97. The van der Waals surface area contributed by atoms with Gasteiger partial charge >= 0.3 is 0 Å². The zero-order valence-electron chi connectivity index (χ0n) is 8.85. The molecule has 0 fully saturated rings. The Morgan fingerprint density at radius 2 is 2.06 bits per heavy atom. The van der Waals surface area contributed by atoms with E-state index in [-0.39, 0.29) is 6.10 Å². The van der Waals surface area contributed by atoms with E-state index < -0.39 is 0 Å². The van der Waals surface area contributed by atoms with Crippen molar-refractivity contribution in [2.45, 2.75) is 12.6 Å². The van der Waals surface area contributed by atoms with E-state index in [4.69, 9.17) is 4.74 Å². The fraction of sp³-hybridized carbons (Fsp3) is 0.231. The molecule has 2 aromatic rings. The molecule has 1 unspecified atom stereocenters. The Bertz CT molecular complexity index is 466. The molecule has 0 spiro atoms. The van der Waals surface area contributed by atoms with Crippen LogP contribution >= 0.6 is 11.3 Å². The molecule has 1 aliphatic rings. The number of ether oxygens (including phenoxy) is 1. The van der Waals surface area contributed by atoms with Crippen molar-refractivity contribution in [3.63, 3.8) is 0 Å². The number of para-hydroxylation sites is 1. The largest absolute Gasteiger partial charge is 0.484 e. The van der Waals surface area contributed by atoms with Crippen molar-refractivity contribution in [3.8, 4) is 5.75 Å². The molecule has 1 N–H and O–H groups in total. The van der Waals surface area contributed by atoms with Crippen LogP contribution in [0.2, 0.25) is 0 Å². The van der Waals surface area contributed by atoms with Gasteiger partial charge in [0.25, 0.3) is 0 Å². The molecule has 0 radical (unpaired) electrons. The Balaban J connectivity index is 1.83. The summed E-state index contributed by atoms with van der Waals surface area (Å²) in [7, 11) is 0. The summed E-state index contributed by atoms with van der Waals surface area (Å²) >= 11 is 1.79. The van der Waals surface area contributed by atoms with E-state index in [0.29, 0.717) is 0 Å². The summed E-state index contributed by atoms with van der Waals surface area (Å²) in [6.07, 6.45) is 0.158. The number of rotatable bonds is 2. The van der Waals surface area contributed by atoms with E-state index in [1.807, 2.05) is 30.3 Å². The van der Waals surface area contributed by atoms with E-state index in [0.717, 1.165) is 18.8 Å². The second-order valence-corrected chi connectivity index (χ2v) is 4.81. The molecule has 3 heteroatoms. The van der Waals surface area contributed by atoms with E-state index in [1.54, 1.807) is 11.3 Å². The van der Waals surface area contributed by atoms with Crippen molar-refractivity contribution in [3.05, 3.63) is 52.2 Å². The lowest BCUT2D eigenvalue weighted by molar-refractivity contribution is 0.196. The van der Waals surface area contributed by atoms with Gasteiger partial charge in [0.15, 0.2) is 0 Å². The Morgan fingerprint density at radius 1 is 1.19 bits per heavy atom. The first-order valence-corrected chi connectivity index (χ1v) is 6.30. The van der Waals surface area contributed by atoms with Gasteiger partial charge < -0.3 is 10.1 Å².